The van der Waals surface area contributed by atoms with E-state index in [4.69, 9.17) is 16.6 Å². The van der Waals surface area contributed by atoms with Gasteiger partial charge in [0.05, 0.1) is 17.8 Å². The van der Waals surface area contributed by atoms with Crippen LogP contribution in [0.4, 0.5) is 0 Å². The number of fused-ring (bicyclic) bond motifs is 1. The zero-order chi connectivity index (χ0) is 18.7. The van der Waals surface area contributed by atoms with Gasteiger partial charge in [-0.05, 0) is 30.7 Å². The monoisotopic (exact) mass is 375 g/mol. The molecule has 0 saturated carbocycles. The van der Waals surface area contributed by atoms with E-state index in [1.165, 1.54) is 0 Å². The van der Waals surface area contributed by atoms with Crippen LogP contribution in [0.3, 0.4) is 0 Å². The van der Waals surface area contributed by atoms with Crippen LogP contribution in [0, 0.1) is 0 Å². The second kappa shape index (κ2) is 8.01. The molecule has 0 bridgehead atoms. The smallest absolute Gasteiger partial charge is 0.256 e. The Balaban J connectivity index is 2.03. The molecule has 3 rings (SSSR count). The average molecular weight is 376 g/mol. The normalized spacial score (nSPS) is 16.4. The molecule has 0 aliphatic carbocycles. The fourth-order valence-electron chi connectivity index (χ4n) is 3.33. The first-order chi connectivity index (χ1) is 12.5. The number of aromatic amines is 1. The summed E-state index contributed by atoms with van der Waals surface area (Å²) in [7, 11) is 0. The van der Waals surface area contributed by atoms with Crippen LogP contribution >= 0.6 is 11.6 Å². The molecule has 1 aliphatic heterocycles. The van der Waals surface area contributed by atoms with Crippen LogP contribution in [-0.2, 0) is 11.3 Å². The minimum Gasteiger partial charge on any atom is -0.387 e. The molecule has 0 spiro atoms. The second-order valence-electron chi connectivity index (χ2n) is 6.56. The van der Waals surface area contributed by atoms with Crippen molar-refractivity contribution in [3.05, 3.63) is 50.9 Å². The van der Waals surface area contributed by atoms with Gasteiger partial charge < -0.3 is 15.0 Å². The van der Waals surface area contributed by atoms with Gasteiger partial charge in [-0.2, -0.15) is 0 Å². The molecule has 1 aliphatic rings. The van der Waals surface area contributed by atoms with Crippen molar-refractivity contribution in [1.29, 1.82) is 0 Å². The Morgan fingerprint density at radius 3 is 2.77 bits per heavy atom. The number of benzene rings is 1. The fourth-order valence-corrected chi connectivity index (χ4v) is 3.45. The van der Waals surface area contributed by atoms with E-state index in [2.05, 4.69) is 11.9 Å². The number of hydrogen-bond acceptors (Lipinski definition) is 4. The van der Waals surface area contributed by atoms with Crippen LogP contribution in [-0.4, -0.2) is 39.0 Å². The van der Waals surface area contributed by atoms with Crippen molar-refractivity contribution in [1.82, 2.24) is 14.9 Å². The third-order valence-corrected chi connectivity index (χ3v) is 4.99. The van der Waals surface area contributed by atoms with E-state index in [1.54, 1.807) is 17.0 Å². The zero-order valence-electron chi connectivity index (χ0n) is 14.7. The average Bonchev–Trinajstić information content (AvgIpc) is 2.66. The van der Waals surface area contributed by atoms with E-state index in [0.717, 1.165) is 30.5 Å². The van der Waals surface area contributed by atoms with Crippen LogP contribution in [0.2, 0.25) is 5.02 Å². The summed E-state index contributed by atoms with van der Waals surface area (Å²) in [5.41, 5.74) is 1.82. The van der Waals surface area contributed by atoms with Gasteiger partial charge in [0.25, 0.3) is 5.56 Å². The second-order valence-corrected chi connectivity index (χ2v) is 6.99. The van der Waals surface area contributed by atoms with E-state index in [1.807, 2.05) is 12.1 Å². The van der Waals surface area contributed by atoms with Crippen LogP contribution < -0.4 is 5.56 Å². The molecule has 0 radical (unpaired) electrons. The Morgan fingerprint density at radius 1 is 1.38 bits per heavy atom. The third kappa shape index (κ3) is 3.81. The van der Waals surface area contributed by atoms with Crippen molar-refractivity contribution in [2.45, 2.75) is 38.6 Å². The summed E-state index contributed by atoms with van der Waals surface area (Å²) in [4.78, 5) is 33.7. The number of unbranched alkanes of at least 4 members (excludes halogenated alkanes) is 1. The van der Waals surface area contributed by atoms with E-state index in [-0.39, 0.29) is 23.9 Å². The molecule has 1 unspecified atom stereocenters. The van der Waals surface area contributed by atoms with Crippen molar-refractivity contribution in [2.75, 3.05) is 13.2 Å². The number of carbonyl (C=O) groups is 1. The number of carbonyl (C=O) groups excluding carboxylic acids is 1. The number of aliphatic hydroxyl groups excluding tert-OH is 1. The minimum absolute atomic E-state index is 0.0115. The summed E-state index contributed by atoms with van der Waals surface area (Å²) < 4.78 is 0. The molecule has 7 heteroatoms. The first-order valence-corrected chi connectivity index (χ1v) is 9.19. The van der Waals surface area contributed by atoms with Crippen molar-refractivity contribution in [3.63, 3.8) is 0 Å². The number of nitrogens with zero attached hydrogens (tertiary/aromatic N) is 2. The van der Waals surface area contributed by atoms with E-state index >= 15 is 0 Å². The molecule has 2 heterocycles. The standard InChI is InChI=1S/C19H22ClN3O3/c1-2-3-4-13-9-23(16(25)11-24)10-15-17(13)21-18(22-19(15)26)12-5-7-14(20)8-6-12/h5-8,13,24H,2-4,9-11H2,1H3,(H,21,22,26). The molecule has 26 heavy (non-hydrogen) atoms. The number of rotatable bonds is 5. The molecule has 1 aromatic carbocycles. The molecule has 6 nitrogen and oxygen atoms in total. The molecular formula is C19H22ClN3O3. The lowest BCUT2D eigenvalue weighted by Crippen LogP contribution is -2.42. The molecule has 0 saturated heterocycles. The molecule has 138 valence electrons. The highest BCUT2D eigenvalue weighted by molar-refractivity contribution is 6.30. The van der Waals surface area contributed by atoms with Gasteiger partial charge in [-0.15, -0.1) is 0 Å². The van der Waals surface area contributed by atoms with E-state index in [9.17, 15) is 14.7 Å². The maximum Gasteiger partial charge on any atom is 0.256 e. The number of H-pyrrole nitrogens is 1. The molecule has 1 atom stereocenters. The summed E-state index contributed by atoms with van der Waals surface area (Å²) in [6, 6.07) is 7.15. The number of halogens is 1. The van der Waals surface area contributed by atoms with Crippen LogP contribution in [0.15, 0.2) is 29.1 Å². The highest BCUT2D eigenvalue weighted by Crippen LogP contribution is 2.30. The van der Waals surface area contributed by atoms with Crippen molar-refractivity contribution < 1.29 is 9.90 Å². The molecular weight excluding hydrogens is 354 g/mol. The quantitative estimate of drug-likeness (QED) is 0.841. The Kier molecular flexibility index (Phi) is 5.74. The Morgan fingerprint density at radius 2 is 2.12 bits per heavy atom. The van der Waals surface area contributed by atoms with Gasteiger partial charge in [-0.3, -0.25) is 9.59 Å². The summed E-state index contributed by atoms with van der Waals surface area (Å²) in [6.07, 6.45) is 2.85. The summed E-state index contributed by atoms with van der Waals surface area (Å²) >= 11 is 5.94. The molecule has 0 fully saturated rings. The van der Waals surface area contributed by atoms with Gasteiger partial charge >= 0.3 is 0 Å². The number of nitrogens with one attached hydrogen (secondary N) is 1. The number of aliphatic hydroxyl groups is 1. The predicted molar refractivity (Wildman–Crippen MR) is 100 cm³/mol. The van der Waals surface area contributed by atoms with Crippen LogP contribution in [0.25, 0.3) is 11.4 Å². The fraction of sp³-hybridized carbons (Fsp3) is 0.421. The lowest BCUT2D eigenvalue weighted by atomic mass is 9.90. The molecule has 1 aromatic heterocycles. The lowest BCUT2D eigenvalue weighted by Gasteiger charge is -2.33. The maximum absolute atomic E-state index is 12.7. The largest absolute Gasteiger partial charge is 0.387 e. The highest BCUT2D eigenvalue weighted by Gasteiger charge is 2.31. The summed E-state index contributed by atoms with van der Waals surface area (Å²) in [5, 5.41) is 9.80. The zero-order valence-corrected chi connectivity index (χ0v) is 15.4. The van der Waals surface area contributed by atoms with Gasteiger partial charge in [0.2, 0.25) is 5.91 Å². The molecule has 2 N–H and O–H groups in total. The van der Waals surface area contributed by atoms with Gasteiger partial charge in [-0.25, -0.2) is 4.98 Å². The molecule has 2 aromatic rings. The maximum atomic E-state index is 12.7. The van der Waals surface area contributed by atoms with Gasteiger partial charge in [0, 0.05) is 23.0 Å². The van der Waals surface area contributed by atoms with Crippen LogP contribution in [0.5, 0.6) is 0 Å². The Hall–Kier alpha value is -2.18. The van der Waals surface area contributed by atoms with Crippen molar-refractivity contribution in [2.24, 2.45) is 0 Å². The number of hydrogen-bond donors (Lipinski definition) is 2. The van der Waals surface area contributed by atoms with Gasteiger partial charge in [0.15, 0.2) is 0 Å². The van der Waals surface area contributed by atoms with Crippen molar-refractivity contribution >= 4 is 17.5 Å². The highest BCUT2D eigenvalue weighted by atomic mass is 35.5. The summed E-state index contributed by atoms with van der Waals surface area (Å²) in [5.74, 6) is 0.134. The molecule has 1 amide bonds. The van der Waals surface area contributed by atoms with Crippen molar-refractivity contribution in [3.8, 4) is 11.4 Å². The van der Waals surface area contributed by atoms with E-state index < -0.39 is 6.61 Å². The SMILES string of the molecule is CCCCC1CN(C(=O)CO)Cc2c1nc(-c1ccc(Cl)cc1)[nH]c2=O. The summed E-state index contributed by atoms with van der Waals surface area (Å²) in [6.45, 7) is 2.21. The van der Waals surface area contributed by atoms with Gasteiger partial charge in [-0.1, -0.05) is 31.4 Å². The number of aromatic nitrogens is 2. The lowest BCUT2D eigenvalue weighted by molar-refractivity contribution is -0.135. The third-order valence-electron chi connectivity index (χ3n) is 4.74. The first kappa shape index (κ1) is 18.6. The topological polar surface area (TPSA) is 86.3 Å². The van der Waals surface area contributed by atoms with E-state index in [0.29, 0.717) is 23.0 Å². The predicted octanol–water partition coefficient (Wildman–Crippen LogP) is 2.70. The van der Waals surface area contributed by atoms with Gasteiger partial charge in [0.1, 0.15) is 12.4 Å². The Labute approximate surface area is 156 Å². The minimum atomic E-state index is -0.552. The number of amides is 1. The van der Waals surface area contributed by atoms with Crippen LogP contribution in [0.1, 0.15) is 43.4 Å². The Bertz CT molecular complexity index is 848. The first-order valence-electron chi connectivity index (χ1n) is 8.81.